The van der Waals surface area contributed by atoms with Crippen LogP contribution in [0, 0.1) is 0 Å². The molecular weight excluding hydrogens is 252 g/mol. The van der Waals surface area contributed by atoms with Crippen molar-refractivity contribution >= 4 is 5.69 Å². The van der Waals surface area contributed by atoms with Gasteiger partial charge >= 0.3 is 0 Å². The van der Waals surface area contributed by atoms with Gasteiger partial charge in [-0.25, -0.2) is 0 Å². The van der Waals surface area contributed by atoms with Gasteiger partial charge < -0.3 is 10.8 Å². The molecule has 20 heavy (non-hydrogen) atoms. The molecular formula is C15H20N4O. The Hall–Kier alpha value is -1.85. The van der Waals surface area contributed by atoms with Crippen LogP contribution in [-0.4, -0.2) is 39.0 Å². The van der Waals surface area contributed by atoms with Gasteiger partial charge in [0.1, 0.15) is 0 Å². The van der Waals surface area contributed by atoms with Gasteiger partial charge in [-0.2, -0.15) is 5.10 Å². The average Bonchev–Trinajstić information content (AvgIpc) is 2.83. The van der Waals surface area contributed by atoms with Crippen LogP contribution in [0.5, 0.6) is 0 Å². The zero-order valence-corrected chi connectivity index (χ0v) is 11.4. The normalized spacial score (nSPS) is 16.9. The van der Waals surface area contributed by atoms with E-state index < -0.39 is 6.10 Å². The van der Waals surface area contributed by atoms with Crippen LogP contribution in [0.4, 0.5) is 5.69 Å². The molecule has 0 aliphatic carbocycles. The molecule has 0 bridgehead atoms. The van der Waals surface area contributed by atoms with Gasteiger partial charge in [-0.15, -0.1) is 0 Å². The van der Waals surface area contributed by atoms with Crippen LogP contribution in [0.2, 0.25) is 0 Å². The molecule has 3 rings (SSSR count). The van der Waals surface area contributed by atoms with E-state index in [0.717, 1.165) is 19.5 Å². The van der Waals surface area contributed by atoms with E-state index in [9.17, 15) is 5.11 Å². The number of aliphatic hydroxyl groups excluding tert-OH is 1. The number of hydrogen-bond acceptors (Lipinski definition) is 4. The Morgan fingerprint density at radius 3 is 2.80 bits per heavy atom. The van der Waals surface area contributed by atoms with Crippen LogP contribution in [0.25, 0.3) is 0 Å². The number of aliphatic hydroxyl groups is 1. The van der Waals surface area contributed by atoms with Crippen molar-refractivity contribution in [1.82, 2.24) is 14.7 Å². The van der Waals surface area contributed by atoms with Crippen molar-refractivity contribution in [2.24, 2.45) is 0 Å². The number of rotatable bonds is 4. The van der Waals surface area contributed by atoms with E-state index in [-0.39, 0.29) is 0 Å². The fraction of sp³-hybridized carbons (Fsp3) is 0.400. The minimum absolute atomic E-state index is 0.431. The fourth-order valence-corrected chi connectivity index (χ4v) is 2.76. The Bertz CT molecular complexity index is 581. The molecule has 0 radical (unpaired) electrons. The minimum Gasteiger partial charge on any atom is -0.396 e. The Kier molecular flexibility index (Phi) is 3.71. The van der Waals surface area contributed by atoms with Crippen molar-refractivity contribution < 1.29 is 5.11 Å². The first-order chi connectivity index (χ1) is 9.70. The second-order valence-electron chi connectivity index (χ2n) is 5.40. The summed E-state index contributed by atoms with van der Waals surface area (Å²) in [5, 5.41) is 14.3. The molecule has 1 unspecified atom stereocenters. The molecule has 0 saturated carbocycles. The van der Waals surface area contributed by atoms with E-state index >= 15 is 0 Å². The van der Waals surface area contributed by atoms with Crippen LogP contribution >= 0.6 is 0 Å². The number of aromatic nitrogens is 2. The molecule has 1 aliphatic rings. The predicted octanol–water partition coefficient (Wildman–Crippen LogP) is 0.884. The van der Waals surface area contributed by atoms with Crippen molar-refractivity contribution in [2.75, 3.05) is 18.8 Å². The van der Waals surface area contributed by atoms with Gasteiger partial charge in [0.25, 0.3) is 0 Å². The molecule has 0 amide bonds. The van der Waals surface area contributed by atoms with E-state index in [1.165, 1.54) is 11.1 Å². The van der Waals surface area contributed by atoms with E-state index in [4.69, 9.17) is 5.73 Å². The number of nitrogen functional groups attached to an aromatic ring is 1. The Balaban J connectivity index is 1.56. The molecule has 1 aromatic heterocycles. The summed E-state index contributed by atoms with van der Waals surface area (Å²) in [6.45, 7) is 3.05. The first-order valence-corrected chi connectivity index (χ1v) is 6.96. The summed E-state index contributed by atoms with van der Waals surface area (Å²) in [5.41, 5.74) is 9.04. The summed E-state index contributed by atoms with van der Waals surface area (Å²) in [7, 11) is 0. The van der Waals surface area contributed by atoms with Crippen LogP contribution in [-0.2, 0) is 19.5 Å². The number of hydrogen-bond donors (Lipinski definition) is 2. The molecule has 3 N–H and O–H groups in total. The molecule has 0 fully saturated rings. The molecule has 0 saturated heterocycles. The van der Waals surface area contributed by atoms with Gasteiger partial charge in [0, 0.05) is 25.8 Å². The highest BCUT2D eigenvalue weighted by atomic mass is 16.3. The zero-order chi connectivity index (χ0) is 13.9. The molecule has 5 heteroatoms. The molecule has 2 heterocycles. The topological polar surface area (TPSA) is 67.3 Å². The van der Waals surface area contributed by atoms with Crippen molar-refractivity contribution in [3.8, 4) is 0 Å². The lowest BCUT2D eigenvalue weighted by Crippen LogP contribution is -2.38. The first-order valence-electron chi connectivity index (χ1n) is 6.96. The largest absolute Gasteiger partial charge is 0.396 e. The van der Waals surface area contributed by atoms with Crippen LogP contribution in [0.15, 0.2) is 36.7 Å². The minimum atomic E-state index is -0.431. The fourth-order valence-electron chi connectivity index (χ4n) is 2.76. The molecule has 1 aliphatic heterocycles. The highest BCUT2D eigenvalue weighted by molar-refractivity contribution is 5.30. The first kappa shape index (κ1) is 13.1. The monoisotopic (exact) mass is 272 g/mol. The Labute approximate surface area is 118 Å². The summed E-state index contributed by atoms with van der Waals surface area (Å²) in [4.78, 5) is 2.29. The van der Waals surface area contributed by atoms with Gasteiger partial charge in [-0.3, -0.25) is 9.58 Å². The summed E-state index contributed by atoms with van der Waals surface area (Å²) in [6.07, 6.45) is 3.97. The van der Waals surface area contributed by atoms with E-state index in [1.807, 2.05) is 0 Å². The van der Waals surface area contributed by atoms with Crippen molar-refractivity contribution in [1.29, 1.82) is 0 Å². The van der Waals surface area contributed by atoms with Gasteiger partial charge in [-0.05, 0) is 17.5 Å². The van der Waals surface area contributed by atoms with E-state index in [0.29, 0.717) is 18.8 Å². The third-order valence-corrected chi connectivity index (χ3v) is 3.73. The van der Waals surface area contributed by atoms with Crippen molar-refractivity contribution in [3.05, 3.63) is 47.8 Å². The quantitative estimate of drug-likeness (QED) is 0.867. The number of β-amino-alcohol motifs (C(OH)–C–C–N with tert-alkyl or cyclic N) is 1. The smallest absolute Gasteiger partial charge is 0.0862 e. The lowest BCUT2D eigenvalue weighted by atomic mass is 10.00. The summed E-state index contributed by atoms with van der Waals surface area (Å²) in [5.74, 6) is 0. The molecule has 5 nitrogen and oxygen atoms in total. The highest BCUT2D eigenvalue weighted by Gasteiger charge is 2.18. The van der Waals surface area contributed by atoms with Crippen LogP contribution in [0.3, 0.4) is 0 Å². The number of nitrogens with two attached hydrogens (primary N) is 1. The third-order valence-electron chi connectivity index (χ3n) is 3.73. The SMILES string of the molecule is Nc1cnn(CC(O)CN2CCc3ccccc3C2)c1. The zero-order valence-electron chi connectivity index (χ0n) is 11.4. The third kappa shape index (κ3) is 3.00. The van der Waals surface area contributed by atoms with E-state index in [1.54, 1.807) is 17.1 Å². The number of anilines is 1. The van der Waals surface area contributed by atoms with Crippen LogP contribution in [0.1, 0.15) is 11.1 Å². The van der Waals surface area contributed by atoms with Gasteiger partial charge in [-0.1, -0.05) is 24.3 Å². The molecule has 1 aromatic carbocycles. The average molecular weight is 272 g/mol. The van der Waals surface area contributed by atoms with Gasteiger partial charge in [0.2, 0.25) is 0 Å². The molecule has 106 valence electrons. The number of benzene rings is 1. The lowest BCUT2D eigenvalue weighted by molar-refractivity contribution is 0.0889. The molecule has 2 aromatic rings. The second kappa shape index (κ2) is 5.64. The maximum atomic E-state index is 10.2. The maximum Gasteiger partial charge on any atom is 0.0862 e. The maximum absolute atomic E-state index is 10.2. The second-order valence-corrected chi connectivity index (χ2v) is 5.40. The summed E-state index contributed by atoms with van der Waals surface area (Å²) < 4.78 is 1.69. The number of fused-ring (bicyclic) bond motifs is 1. The lowest BCUT2D eigenvalue weighted by Gasteiger charge is -2.30. The summed E-state index contributed by atoms with van der Waals surface area (Å²) in [6, 6.07) is 8.52. The molecule has 0 spiro atoms. The molecule has 1 atom stereocenters. The van der Waals surface area contributed by atoms with E-state index in [2.05, 4.69) is 34.3 Å². The van der Waals surface area contributed by atoms with Gasteiger partial charge in [0.05, 0.1) is 24.5 Å². The van der Waals surface area contributed by atoms with Crippen molar-refractivity contribution in [2.45, 2.75) is 25.6 Å². The van der Waals surface area contributed by atoms with Gasteiger partial charge in [0.15, 0.2) is 0 Å². The van der Waals surface area contributed by atoms with Crippen LogP contribution < -0.4 is 5.73 Å². The Morgan fingerprint density at radius 1 is 1.25 bits per heavy atom. The van der Waals surface area contributed by atoms with Crippen molar-refractivity contribution in [3.63, 3.8) is 0 Å². The predicted molar refractivity (Wildman–Crippen MR) is 78.1 cm³/mol. The summed E-state index contributed by atoms with van der Waals surface area (Å²) >= 11 is 0. The standard InChI is InChI=1S/C15H20N4O/c16-14-7-17-19(9-14)11-15(20)10-18-6-5-12-3-1-2-4-13(12)8-18/h1-4,7,9,15,20H,5-6,8,10-11,16H2. The number of nitrogens with zero attached hydrogens (tertiary/aromatic N) is 3. The highest BCUT2D eigenvalue weighted by Crippen LogP contribution is 2.18. The Morgan fingerprint density at radius 2 is 2.05 bits per heavy atom.